The molecular formula is C12H16ClFN2O2S. The molecule has 3 N–H and O–H groups in total. The standard InChI is InChI=1S/C12H16ClFN2O2S/c13-9-4-2-6-11(12(9)14)19(17,18)16-10-5-1-3-8(10)7-15/h2,4,6,8,10,16H,1,3,5,7,15H2. The molecule has 4 nitrogen and oxygen atoms in total. The van der Waals surface area contributed by atoms with Gasteiger partial charge in [0.05, 0.1) is 5.02 Å². The molecule has 2 atom stereocenters. The normalized spacial score (nSPS) is 23.7. The fraction of sp³-hybridized carbons (Fsp3) is 0.500. The Morgan fingerprint density at radius 1 is 1.42 bits per heavy atom. The Labute approximate surface area is 117 Å². The van der Waals surface area contributed by atoms with Crippen LogP contribution in [-0.2, 0) is 10.0 Å². The van der Waals surface area contributed by atoms with Crippen LogP contribution in [0.1, 0.15) is 19.3 Å². The van der Waals surface area contributed by atoms with Crippen LogP contribution in [0.2, 0.25) is 5.02 Å². The van der Waals surface area contributed by atoms with Gasteiger partial charge in [-0.1, -0.05) is 24.1 Å². The Morgan fingerprint density at radius 3 is 2.84 bits per heavy atom. The summed E-state index contributed by atoms with van der Waals surface area (Å²) in [5.41, 5.74) is 5.61. The molecule has 106 valence electrons. The Kier molecular flexibility index (Phi) is 4.45. The van der Waals surface area contributed by atoms with Crippen LogP contribution in [0.25, 0.3) is 0 Å². The Hall–Kier alpha value is -0.690. The van der Waals surface area contributed by atoms with Crippen molar-refractivity contribution < 1.29 is 12.8 Å². The van der Waals surface area contributed by atoms with Crippen molar-refractivity contribution in [2.45, 2.75) is 30.2 Å². The number of hydrogen-bond acceptors (Lipinski definition) is 3. The maximum absolute atomic E-state index is 13.8. The Morgan fingerprint density at radius 2 is 2.16 bits per heavy atom. The lowest BCUT2D eigenvalue weighted by molar-refractivity contribution is 0.451. The molecule has 19 heavy (non-hydrogen) atoms. The predicted octanol–water partition coefficient (Wildman–Crippen LogP) is 1.88. The van der Waals surface area contributed by atoms with Gasteiger partial charge in [-0.15, -0.1) is 0 Å². The lowest BCUT2D eigenvalue weighted by atomic mass is 10.1. The second kappa shape index (κ2) is 5.75. The highest BCUT2D eigenvalue weighted by molar-refractivity contribution is 7.89. The van der Waals surface area contributed by atoms with Crippen LogP contribution in [-0.4, -0.2) is 21.0 Å². The van der Waals surface area contributed by atoms with Gasteiger partial charge in [-0.2, -0.15) is 0 Å². The smallest absolute Gasteiger partial charge is 0.243 e. The molecule has 0 aliphatic heterocycles. The van der Waals surface area contributed by atoms with Crippen molar-refractivity contribution in [3.63, 3.8) is 0 Å². The van der Waals surface area contributed by atoms with E-state index in [-0.39, 0.29) is 17.0 Å². The number of sulfonamides is 1. The van der Waals surface area contributed by atoms with E-state index in [1.807, 2.05) is 0 Å². The quantitative estimate of drug-likeness (QED) is 0.892. The molecule has 1 aromatic carbocycles. The third-order valence-corrected chi connectivity index (χ3v) is 5.27. The highest BCUT2D eigenvalue weighted by atomic mass is 35.5. The summed E-state index contributed by atoms with van der Waals surface area (Å²) in [5, 5.41) is -0.204. The molecule has 0 amide bonds. The topological polar surface area (TPSA) is 72.2 Å². The Bertz CT molecular complexity index is 565. The van der Waals surface area contributed by atoms with Crippen LogP contribution in [0.5, 0.6) is 0 Å². The largest absolute Gasteiger partial charge is 0.330 e. The van der Waals surface area contributed by atoms with Crippen molar-refractivity contribution in [1.29, 1.82) is 0 Å². The maximum atomic E-state index is 13.8. The van der Waals surface area contributed by atoms with E-state index in [4.69, 9.17) is 17.3 Å². The van der Waals surface area contributed by atoms with Gasteiger partial charge in [0.1, 0.15) is 4.90 Å². The fourth-order valence-electron chi connectivity index (χ4n) is 2.43. The van der Waals surface area contributed by atoms with Crippen LogP contribution >= 0.6 is 11.6 Å². The summed E-state index contributed by atoms with van der Waals surface area (Å²) in [6.45, 7) is 0.422. The summed E-state index contributed by atoms with van der Waals surface area (Å²) < 4.78 is 40.7. The summed E-state index contributed by atoms with van der Waals surface area (Å²) in [6.07, 6.45) is 2.54. The number of halogens is 2. The average molecular weight is 307 g/mol. The Balaban J connectivity index is 2.25. The molecule has 0 spiro atoms. The minimum atomic E-state index is -3.90. The SMILES string of the molecule is NCC1CCCC1NS(=O)(=O)c1cccc(Cl)c1F. The highest BCUT2D eigenvalue weighted by Gasteiger charge is 2.31. The van der Waals surface area contributed by atoms with E-state index in [2.05, 4.69) is 4.72 Å². The zero-order valence-electron chi connectivity index (χ0n) is 10.3. The predicted molar refractivity (Wildman–Crippen MR) is 71.9 cm³/mol. The minimum absolute atomic E-state index is 0.108. The zero-order valence-corrected chi connectivity index (χ0v) is 11.8. The van der Waals surface area contributed by atoms with E-state index in [9.17, 15) is 12.8 Å². The van der Waals surface area contributed by atoms with Crippen molar-refractivity contribution in [2.75, 3.05) is 6.54 Å². The summed E-state index contributed by atoms with van der Waals surface area (Å²) >= 11 is 5.61. The first kappa shape index (κ1) is 14.7. The molecule has 1 fully saturated rings. The number of nitrogens with two attached hydrogens (primary N) is 1. The van der Waals surface area contributed by atoms with Crippen molar-refractivity contribution in [3.8, 4) is 0 Å². The van der Waals surface area contributed by atoms with Crippen LogP contribution in [0.15, 0.2) is 23.1 Å². The van der Waals surface area contributed by atoms with E-state index in [1.165, 1.54) is 18.2 Å². The van der Waals surface area contributed by atoms with E-state index in [1.54, 1.807) is 0 Å². The monoisotopic (exact) mass is 306 g/mol. The highest BCUT2D eigenvalue weighted by Crippen LogP contribution is 2.27. The fourth-order valence-corrected chi connectivity index (χ4v) is 4.10. The van der Waals surface area contributed by atoms with Gasteiger partial charge in [0.25, 0.3) is 0 Å². The van der Waals surface area contributed by atoms with Crippen molar-refractivity contribution in [3.05, 3.63) is 29.0 Å². The average Bonchev–Trinajstić information content (AvgIpc) is 2.78. The van der Waals surface area contributed by atoms with Gasteiger partial charge in [-0.25, -0.2) is 17.5 Å². The molecular weight excluding hydrogens is 291 g/mol. The van der Waals surface area contributed by atoms with Crippen LogP contribution < -0.4 is 10.5 Å². The molecule has 7 heteroatoms. The minimum Gasteiger partial charge on any atom is -0.330 e. The van der Waals surface area contributed by atoms with Crippen LogP contribution in [0.3, 0.4) is 0 Å². The molecule has 0 saturated heterocycles. The van der Waals surface area contributed by atoms with Crippen molar-refractivity contribution in [2.24, 2.45) is 11.7 Å². The number of nitrogens with one attached hydrogen (secondary N) is 1. The molecule has 0 radical (unpaired) electrons. The van der Waals surface area contributed by atoms with Gasteiger partial charge in [-0.3, -0.25) is 0 Å². The lowest BCUT2D eigenvalue weighted by Crippen LogP contribution is -2.40. The maximum Gasteiger partial charge on any atom is 0.243 e. The van der Waals surface area contributed by atoms with Gasteiger partial charge < -0.3 is 5.73 Å². The summed E-state index contributed by atoms with van der Waals surface area (Å²) in [7, 11) is -3.90. The molecule has 1 aromatic rings. The van der Waals surface area contributed by atoms with E-state index in [0.29, 0.717) is 6.54 Å². The second-order valence-electron chi connectivity index (χ2n) is 4.71. The van der Waals surface area contributed by atoms with E-state index in [0.717, 1.165) is 19.3 Å². The molecule has 0 bridgehead atoms. The van der Waals surface area contributed by atoms with Gasteiger partial charge in [0.15, 0.2) is 5.82 Å². The van der Waals surface area contributed by atoms with Gasteiger partial charge in [0.2, 0.25) is 10.0 Å². The third-order valence-electron chi connectivity index (χ3n) is 3.47. The van der Waals surface area contributed by atoms with Crippen LogP contribution in [0.4, 0.5) is 4.39 Å². The summed E-state index contributed by atoms with van der Waals surface area (Å²) in [4.78, 5) is -0.414. The molecule has 0 heterocycles. The first-order valence-electron chi connectivity index (χ1n) is 6.12. The number of benzene rings is 1. The zero-order chi connectivity index (χ0) is 14.0. The lowest BCUT2D eigenvalue weighted by Gasteiger charge is -2.19. The summed E-state index contributed by atoms with van der Waals surface area (Å²) in [5.74, 6) is -0.809. The third kappa shape index (κ3) is 3.08. The van der Waals surface area contributed by atoms with Crippen molar-refractivity contribution in [1.82, 2.24) is 4.72 Å². The second-order valence-corrected chi connectivity index (χ2v) is 6.80. The van der Waals surface area contributed by atoms with Gasteiger partial charge >= 0.3 is 0 Å². The number of hydrogen-bond donors (Lipinski definition) is 2. The first-order chi connectivity index (χ1) is 8.95. The van der Waals surface area contributed by atoms with Crippen molar-refractivity contribution >= 4 is 21.6 Å². The van der Waals surface area contributed by atoms with Gasteiger partial charge in [-0.05, 0) is 37.4 Å². The summed E-state index contributed by atoms with van der Waals surface area (Å²) in [6, 6.07) is 3.70. The molecule has 1 aliphatic carbocycles. The molecule has 1 saturated carbocycles. The molecule has 0 aromatic heterocycles. The van der Waals surface area contributed by atoms with E-state index < -0.39 is 20.7 Å². The molecule has 1 aliphatic rings. The van der Waals surface area contributed by atoms with Crippen LogP contribution in [0, 0.1) is 11.7 Å². The molecule has 2 unspecified atom stereocenters. The number of rotatable bonds is 4. The first-order valence-corrected chi connectivity index (χ1v) is 7.98. The van der Waals surface area contributed by atoms with E-state index >= 15 is 0 Å². The van der Waals surface area contributed by atoms with Gasteiger partial charge in [0, 0.05) is 6.04 Å². The molecule has 2 rings (SSSR count).